The van der Waals surface area contributed by atoms with Crippen LogP contribution in [0.4, 0.5) is 4.79 Å². The van der Waals surface area contributed by atoms with Crippen molar-refractivity contribution in [3.05, 3.63) is 18.0 Å². The van der Waals surface area contributed by atoms with Crippen LogP contribution < -0.4 is 10.6 Å². The summed E-state index contributed by atoms with van der Waals surface area (Å²) in [5, 5.41) is 16.9. The molecule has 0 aromatic carbocycles. The first-order valence-electron chi connectivity index (χ1n) is 4.81. The lowest BCUT2D eigenvalue weighted by molar-refractivity contribution is -0.137. The third kappa shape index (κ3) is 4.99. The number of nitrogens with zero attached hydrogens (tertiary/aromatic N) is 1. The number of amides is 2. The van der Waals surface area contributed by atoms with E-state index in [2.05, 4.69) is 15.8 Å². The summed E-state index contributed by atoms with van der Waals surface area (Å²) >= 11 is 0. The summed E-state index contributed by atoms with van der Waals surface area (Å²) < 4.78 is 4.77. The van der Waals surface area contributed by atoms with Gasteiger partial charge in [-0.3, -0.25) is 4.79 Å². The summed E-state index contributed by atoms with van der Waals surface area (Å²) in [6, 6.07) is 1.28. The first kappa shape index (κ1) is 12.0. The summed E-state index contributed by atoms with van der Waals surface area (Å²) in [5.74, 6) is -0.315. The lowest BCUT2D eigenvalue weighted by Gasteiger charge is -2.04. The second-order valence-electron chi connectivity index (χ2n) is 3.09. The number of urea groups is 1. The quantitative estimate of drug-likeness (QED) is 0.608. The number of carbonyl (C=O) groups is 2. The van der Waals surface area contributed by atoms with Gasteiger partial charge >= 0.3 is 12.0 Å². The highest BCUT2D eigenvalue weighted by molar-refractivity contribution is 5.73. The molecule has 0 bridgehead atoms. The fourth-order valence-corrected chi connectivity index (χ4v) is 1.00. The third-order valence-electron chi connectivity index (χ3n) is 1.77. The largest absolute Gasteiger partial charge is 0.481 e. The van der Waals surface area contributed by atoms with Crippen LogP contribution in [0.3, 0.4) is 0 Å². The molecule has 1 heterocycles. The van der Waals surface area contributed by atoms with Crippen molar-refractivity contribution < 1.29 is 19.2 Å². The second kappa shape index (κ2) is 6.44. The predicted octanol–water partition coefficient (Wildman–Crippen LogP) is 0.339. The van der Waals surface area contributed by atoms with Gasteiger partial charge in [0, 0.05) is 19.0 Å². The van der Waals surface area contributed by atoms with E-state index in [1.54, 1.807) is 6.07 Å². The Labute approximate surface area is 91.8 Å². The van der Waals surface area contributed by atoms with E-state index >= 15 is 0 Å². The fourth-order valence-electron chi connectivity index (χ4n) is 1.00. The van der Waals surface area contributed by atoms with Crippen molar-refractivity contribution in [1.82, 2.24) is 15.8 Å². The lowest BCUT2D eigenvalue weighted by Crippen LogP contribution is -2.35. The Balaban J connectivity index is 2.05. The van der Waals surface area contributed by atoms with Crippen molar-refractivity contribution in [3.8, 4) is 0 Å². The SMILES string of the molecule is O=C(O)CCCNC(=O)NCc1ccno1. The first-order chi connectivity index (χ1) is 7.68. The molecule has 0 spiro atoms. The van der Waals surface area contributed by atoms with Gasteiger partial charge in [-0.2, -0.15) is 0 Å². The number of hydrogen-bond donors (Lipinski definition) is 3. The van der Waals surface area contributed by atoms with Gasteiger partial charge in [-0.15, -0.1) is 0 Å². The highest BCUT2D eigenvalue weighted by atomic mass is 16.5. The van der Waals surface area contributed by atoms with Gasteiger partial charge in [0.1, 0.15) is 0 Å². The maximum absolute atomic E-state index is 11.2. The van der Waals surface area contributed by atoms with Gasteiger partial charge in [0.25, 0.3) is 0 Å². The van der Waals surface area contributed by atoms with Crippen LogP contribution in [0.25, 0.3) is 0 Å². The fraction of sp³-hybridized carbons (Fsp3) is 0.444. The molecule has 1 aromatic heterocycles. The lowest BCUT2D eigenvalue weighted by atomic mass is 10.3. The molecular formula is C9H13N3O4. The topological polar surface area (TPSA) is 104 Å². The molecule has 0 saturated heterocycles. The molecule has 0 aliphatic heterocycles. The normalized spacial score (nSPS) is 9.75. The van der Waals surface area contributed by atoms with Gasteiger partial charge in [-0.1, -0.05) is 5.16 Å². The van der Waals surface area contributed by atoms with Crippen LogP contribution in [0, 0.1) is 0 Å². The van der Waals surface area contributed by atoms with Crippen LogP contribution in [0.2, 0.25) is 0 Å². The smallest absolute Gasteiger partial charge is 0.315 e. The van der Waals surface area contributed by atoms with E-state index in [1.807, 2.05) is 0 Å². The Morgan fingerprint density at radius 3 is 2.88 bits per heavy atom. The summed E-state index contributed by atoms with van der Waals surface area (Å²) in [5.41, 5.74) is 0. The summed E-state index contributed by atoms with van der Waals surface area (Å²) in [6.07, 6.45) is 1.94. The van der Waals surface area contributed by atoms with E-state index in [1.165, 1.54) is 6.20 Å². The Hall–Kier alpha value is -2.05. The van der Waals surface area contributed by atoms with Crippen molar-refractivity contribution in [3.63, 3.8) is 0 Å². The molecule has 0 unspecified atom stereocenters. The number of carbonyl (C=O) groups excluding carboxylic acids is 1. The average molecular weight is 227 g/mol. The van der Waals surface area contributed by atoms with E-state index in [-0.39, 0.29) is 19.0 Å². The Bertz CT molecular complexity index is 337. The summed E-state index contributed by atoms with van der Waals surface area (Å²) in [4.78, 5) is 21.3. The van der Waals surface area contributed by atoms with Crippen LogP contribution >= 0.6 is 0 Å². The molecule has 16 heavy (non-hydrogen) atoms. The molecule has 0 fully saturated rings. The monoisotopic (exact) mass is 227 g/mol. The standard InChI is InChI=1S/C9H13N3O4/c13-8(14)2-1-4-10-9(15)11-6-7-3-5-12-16-7/h3,5H,1-2,4,6H2,(H,13,14)(H2,10,11,15). The minimum absolute atomic E-state index is 0.0440. The van der Waals surface area contributed by atoms with Gasteiger partial charge in [-0.05, 0) is 6.42 Å². The van der Waals surface area contributed by atoms with E-state index in [4.69, 9.17) is 9.63 Å². The molecular weight excluding hydrogens is 214 g/mol. The van der Waals surface area contributed by atoms with Crippen LogP contribution in [0.5, 0.6) is 0 Å². The van der Waals surface area contributed by atoms with Crippen molar-refractivity contribution in [1.29, 1.82) is 0 Å². The highest BCUT2D eigenvalue weighted by Crippen LogP contribution is 1.94. The third-order valence-corrected chi connectivity index (χ3v) is 1.77. The van der Waals surface area contributed by atoms with Crippen LogP contribution in [-0.4, -0.2) is 28.8 Å². The molecule has 2 amide bonds. The Kier molecular flexibility index (Phi) is 4.84. The molecule has 1 aromatic rings. The molecule has 7 nitrogen and oxygen atoms in total. The molecule has 0 atom stereocenters. The number of hydrogen-bond acceptors (Lipinski definition) is 4. The second-order valence-corrected chi connectivity index (χ2v) is 3.09. The van der Waals surface area contributed by atoms with E-state index in [0.29, 0.717) is 18.7 Å². The molecule has 1 rings (SSSR count). The number of aliphatic carboxylic acids is 1. The molecule has 0 radical (unpaired) electrons. The molecule has 88 valence electrons. The Morgan fingerprint density at radius 1 is 1.44 bits per heavy atom. The maximum atomic E-state index is 11.2. The van der Waals surface area contributed by atoms with Gasteiger partial charge in [-0.25, -0.2) is 4.79 Å². The van der Waals surface area contributed by atoms with Crippen LogP contribution in [0.15, 0.2) is 16.8 Å². The minimum atomic E-state index is -0.871. The van der Waals surface area contributed by atoms with Gasteiger partial charge in [0.2, 0.25) is 0 Å². The zero-order valence-corrected chi connectivity index (χ0v) is 8.60. The van der Waals surface area contributed by atoms with Crippen molar-refractivity contribution >= 4 is 12.0 Å². The predicted molar refractivity (Wildman–Crippen MR) is 53.6 cm³/mol. The highest BCUT2D eigenvalue weighted by Gasteiger charge is 2.02. The maximum Gasteiger partial charge on any atom is 0.315 e. The number of nitrogens with one attached hydrogen (secondary N) is 2. The van der Waals surface area contributed by atoms with Crippen LogP contribution in [-0.2, 0) is 11.3 Å². The van der Waals surface area contributed by atoms with Gasteiger partial charge in [0.15, 0.2) is 5.76 Å². The Morgan fingerprint density at radius 2 is 2.25 bits per heavy atom. The number of carboxylic acids is 1. The van der Waals surface area contributed by atoms with Crippen molar-refractivity contribution in [2.24, 2.45) is 0 Å². The molecule has 0 aliphatic rings. The van der Waals surface area contributed by atoms with E-state index < -0.39 is 5.97 Å². The average Bonchev–Trinajstić information content (AvgIpc) is 2.74. The van der Waals surface area contributed by atoms with E-state index in [0.717, 1.165) is 0 Å². The zero-order chi connectivity index (χ0) is 11.8. The molecule has 0 aliphatic carbocycles. The van der Waals surface area contributed by atoms with E-state index in [9.17, 15) is 9.59 Å². The van der Waals surface area contributed by atoms with Crippen LogP contribution in [0.1, 0.15) is 18.6 Å². The summed E-state index contributed by atoms with van der Waals surface area (Å²) in [7, 11) is 0. The first-order valence-corrected chi connectivity index (χ1v) is 4.81. The zero-order valence-electron chi connectivity index (χ0n) is 8.60. The summed E-state index contributed by atoms with van der Waals surface area (Å²) in [6.45, 7) is 0.583. The van der Waals surface area contributed by atoms with Gasteiger partial charge < -0.3 is 20.3 Å². The molecule has 7 heteroatoms. The number of aromatic nitrogens is 1. The molecule has 0 saturated carbocycles. The van der Waals surface area contributed by atoms with Gasteiger partial charge in [0.05, 0.1) is 12.7 Å². The number of carboxylic acid groups (broad SMARTS) is 1. The van der Waals surface area contributed by atoms with Crippen molar-refractivity contribution in [2.45, 2.75) is 19.4 Å². The number of rotatable bonds is 6. The molecule has 3 N–H and O–H groups in total. The minimum Gasteiger partial charge on any atom is -0.481 e. The van der Waals surface area contributed by atoms with Crippen molar-refractivity contribution in [2.75, 3.05) is 6.54 Å².